The summed E-state index contributed by atoms with van der Waals surface area (Å²) in [6.45, 7) is 13.0. The fourth-order valence-electron chi connectivity index (χ4n) is 2.46. The molecule has 0 saturated carbocycles. The van der Waals surface area contributed by atoms with Gasteiger partial charge in [0, 0.05) is 38.3 Å². The molecule has 1 saturated heterocycles. The minimum atomic E-state index is 0.354. The van der Waals surface area contributed by atoms with Gasteiger partial charge in [-0.3, -0.25) is 4.90 Å². The summed E-state index contributed by atoms with van der Waals surface area (Å²) in [5, 5.41) is 3.62. The molecule has 0 spiro atoms. The van der Waals surface area contributed by atoms with Crippen LogP contribution in [-0.2, 0) is 4.74 Å². The summed E-state index contributed by atoms with van der Waals surface area (Å²) >= 11 is 0. The van der Waals surface area contributed by atoms with Crippen LogP contribution < -0.4 is 5.32 Å². The van der Waals surface area contributed by atoms with Crippen LogP contribution in [0.1, 0.15) is 40.5 Å². The molecule has 1 aliphatic heterocycles. The minimum Gasteiger partial charge on any atom is -0.377 e. The molecule has 0 radical (unpaired) electrons. The number of piperazine rings is 1. The van der Waals surface area contributed by atoms with Crippen LogP contribution >= 0.6 is 0 Å². The summed E-state index contributed by atoms with van der Waals surface area (Å²) < 4.78 is 5.63. The van der Waals surface area contributed by atoms with E-state index in [2.05, 4.69) is 37.9 Å². The first-order chi connectivity index (χ1) is 7.67. The highest BCUT2D eigenvalue weighted by Crippen LogP contribution is 2.11. The topological polar surface area (TPSA) is 24.5 Å². The van der Waals surface area contributed by atoms with Crippen LogP contribution in [0.4, 0.5) is 0 Å². The fourth-order valence-corrected chi connectivity index (χ4v) is 2.46. The van der Waals surface area contributed by atoms with Crippen molar-refractivity contribution >= 4 is 0 Å². The van der Waals surface area contributed by atoms with Gasteiger partial charge in [-0.25, -0.2) is 0 Å². The van der Waals surface area contributed by atoms with Crippen molar-refractivity contribution in [2.45, 2.75) is 58.7 Å². The standard InChI is InChI=1S/C13H28N2O/c1-5-7-13-10-15(11(3)8-14-13)9-12(4)16-6-2/h11-14H,5-10H2,1-4H3. The lowest BCUT2D eigenvalue weighted by Gasteiger charge is -2.40. The summed E-state index contributed by atoms with van der Waals surface area (Å²) in [7, 11) is 0. The second kappa shape index (κ2) is 7.25. The molecule has 0 bridgehead atoms. The smallest absolute Gasteiger partial charge is 0.0673 e. The number of rotatable bonds is 6. The van der Waals surface area contributed by atoms with Gasteiger partial charge in [0.05, 0.1) is 6.10 Å². The van der Waals surface area contributed by atoms with Gasteiger partial charge in [-0.15, -0.1) is 0 Å². The predicted octanol–water partition coefficient (Wildman–Crippen LogP) is 1.87. The fraction of sp³-hybridized carbons (Fsp3) is 1.00. The van der Waals surface area contributed by atoms with E-state index in [1.54, 1.807) is 0 Å². The summed E-state index contributed by atoms with van der Waals surface area (Å²) in [5.41, 5.74) is 0. The van der Waals surface area contributed by atoms with Crippen LogP contribution in [0.15, 0.2) is 0 Å². The lowest BCUT2D eigenvalue weighted by molar-refractivity contribution is 0.0227. The molecule has 16 heavy (non-hydrogen) atoms. The maximum Gasteiger partial charge on any atom is 0.0673 e. The number of nitrogens with one attached hydrogen (secondary N) is 1. The Morgan fingerprint density at radius 3 is 2.81 bits per heavy atom. The molecule has 0 aliphatic carbocycles. The van der Waals surface area contributed by atoms with Crippen LogP contribution in [-0.4, -0.2) is 49.3 Å². The van der Waals surface area contributed by atoms with Crippen LogP contribution in [0, 0.1) is 0 Å². The van der Waals surface area contributed by atoms with Gasteiger partial charge in [0.15, 0.2) is 0 Å². The molecule has 3 heteroatoms. The molecule has 1 aliphatic rings. The molecule has 0 aromatic heterocycles. The average Bonchev–Trinajstić information content (AvgIpc) is 2.24. The molecule has 0 aromatic carbocycles. The number of nitrogens with zero attached hydrogens (tertiary/aromatic N) is 1. The zero-order valence-corrected chi connectivity index (χ0v) is 11.3. The third kappa shape index (κ3) is 4.40. The van der Waals surface area contributed by atoms with E-state index in [4.69, 9.17) is 4.74 Å². The summed E-state index contributed by atoms with van der Waals surface area (Å²) in [5.74, 6) is 0. The predicted molar refractivity (Wildman–Crippen MR) is 68.8 cm³/mol. The van der Waals surface area contributed by atoms with E-state index in [0.29, 0.717) is 18.2 Å². The van der Waals surface area contributed by atoms with Gasteiger partial charge in [-0.05, 0) is 27.2 Å². The van der Waals surface area contributed by atoms with Crippen molar-refractivity contribution < 1.29 is 4.74 Å². The van der Waals surface area contributed by atoms with E-state index < -0.39 is 0 Å². The molecule has 96 valence electrons. The Kier molecular flexibility index (Phi) is 6.32. The molecule has 0 amide bonds. The van der Waals surface area contributed by atoms with Crippen LogP contribution in [0.5, 0.6) is 0 Å². The SMILES string of the molecule is CCCC1CN(CC(C)OCC)C(C)CN1. The molecule has 3 unspecified atom stereocenters. The number of hydrogen-bond acceptors (Lipinski definition) is 3. The first-order valence-electron chi connectivity index (χ1n) is 6.76. The quantitative estimate of drug-likeness (QED) is 0.751. The van der Waals surface area contributed by atoms with Crippen molar-refractivity contribution in [2.24, 2.45) is 0 Å². The van der Waals surface area contributed by atoms with Gasteiger partial charge in [-0.1, -0.05) is 13.3 Å². The van der Waals surface area contributed by atoms with Gasteiger partial charge in [0.2, 0.25) is 0 Å². The van der Waals surface area contributed by atoms with E-state index in [-0.39, 0.29) is 0 Å². The van der Waals surface area contributed by atoms with E-state index in [0.717, 1.165) is 19.7 Å². The molecule has 1 rings (SSSR count). The van der Waals surface area contributed by atoms with Gasteiger partial charge >= 0.3 is 0 Å². The molecule has 1 heterocycles. The molecule has 3 atom stereocenters. The van der Waals surface area contributed by atoms with Crippen molar-refractivity contribution in [1.29, 1.82) is 0 Å². The molecule has 0 aromatic rings. The first-order valence-corrected chi connectivity index (χ1v) is 6.76. The van der Waals surface area contributed by atoms with Gasteiger partial charge in [0.25, 0.3) is 0 Å². The first kappa shape index (κ1) is 13.9. The summed E-state index contributed by atoms with van der Waals surface area (Å²) in [6, 6.07) is 1.31. The Morgan fingerprint density at radius 2 is 2.19 bits per heavy atom. The second-order valence-electron chi connectivity index (χ2n) is 4.96. The third-order valence-corrected chi connectivity index (χ3v) is 3.36. The van der Waals surface area contributed by atoms with Crippen LogP contribution in [0.25, 0.3) is 0 Å². The highest BCUT2D eigenvalue weighted by atomic mass is 16.5. The van der Waals surface area contributed by atoms with Crippen molar-refractivity contribution in [3.63, 3.8) is 0 Å². The molecular formula is C13H28N2O. The minimum absolute atomic E-state index is 0.354. The number of hydrogen-bond donors (Lipinski definition) is 1. The Hall–Kier alpha value is -0.120. The largest absolute Gasteiger partial charge is 0.377 e. The molecular weight excluding hydrogens is 200 g/mol. The Labute approximate surface area is 101 Å². The monoisotopic (exact) mass is 228 g/mol. The van der Waals surface area contributed by atoms with Crippen molar-refractivity contribution in [3.05, 3.63) is 0 Å². The number of ether oxygens (including phenoxy) is 1. The maximum atomic E-state index is 5.63. The Balaban J connectivity index is 2.36. The molecule has 3 nitrogen and oxygen atoms in total. The highest BCUT2D eigenvalue weighted by molar-refractivity contribution is 4.84. The van der Waals surface area contributed by atoms with E-state index in [9.17, 15) is 0 Å². The van der Waals surface area contributed by atoms with E-state index in [1.807, 2.05) is 0 Å². The lowest BCUT2D eigenvalue weighted by atomic mass is 10.1. The lowest BCUT2D eigenvalue weighted by Crippen LogP contribution is -2.56. The van der Waals surface area contributed by atoms with E-state index in [1.165, 1.54) is 19.4 Å². The van der Waals surface area contributed by atoms with Gasteiger partial charge < -0.3 is 10.1 Å². The van der Waals surface area contributed by atoms with Gasteiger partial charge in [0.1, 0.15) is 0 Å². The molecule has 1 fully saturated rings. The second-order valence-corrected chi connectivity index (χ2v) is 4.96. The van der Waals surface area contributed by atoms with Crippen molar-refractivity contribution in [3.8, 4) is 0 Å². The van der Waals surface area contributed by atoms with Gasteiger partial charge in [-0.2, -0.15) is 0 Å². The zero-order chi connectivity index (χ0) is 12.0. The van der Waals surface area contributed by atoms with Crippen molar-refractivity contribution in [1.82, 2.24) is 10.2 Å². The highest BCUT2D eigenvalue weighted by Gasteiger charge is 2.25. The third-order valence-electron chi connectivity index (χ3n) is 3.36. The Morgan fingerprint density at radius 1 is 1.44 bits per heavy atom. The maximum absolute atomic E-state index is 5.63. The zero-order valence-electron chi connectivity index (χ0n) is 11.3. The Bertz CT molecular complexity index is 185. The summed E-state index contributed by atoms with van der Waals surface area (Å²) in [4.78, 5) is 2.57. The van der Waals surface area contributed by atoms with E-state index >= 15 is 0 Å². The molecule has 1 N–H and O–H groups in total. The average molecular weight is 228 g/mol. The summed E-state index contributed by atoms with van der Waals surface area (Å²) in [6.07, 6.45) is 2.90. The van der Waals surface area contributed by atoms with Crippen LogP contribution in [0.2, 0.25) is 0 Å². The van der Waals surface area contributed by atoms with Crippen LogP contribution in [0.3, 0.4) is 0 Å². The van der Waals surface area contributed by atoms with Crippen molar-refractivity contribution in [2.75, 3.05) is 26.2 Å². The normalized spacial score (nSPS) is 29.2.